The molecule has 1 aliphatic carbocycles. The first-order valence-corrected chi connectivity index (χ1v) is 11.0. The fourth-order valence-electron chi connectivity index (χ4n) is 3.67. The van der Waals surface area contributed by atoms with Crippen molar-refractivity contribution in [2.75, 3.05) is 33.0 Å². The number of carboxylic acids is 1. The van der Waals surface area contributed by atoms with E-state index in [-0.39, 0.29) is 32.3 Å². The number of carboxylic acid groups (broad SMARTS) is 1. The predicted octanol–water partition coefficient (Wildman–Crippen LogP) is 2.06. The average Bonchev–Trinajstić information content (AvgIpc) is 3.13. The van der Waals surface area contributed by atoms with Crippen LogP contribution in [0.3, 0.4) is 0 Å². The minimum atomic E-state index is -1.41. The maximum Gasteiger partial charge on any atom is 0.413 e. The lowest BCUT2D eigenvalue weighted by atomic mass is 9.98. The van der Waals surface area contributed by atoms with Crippen LogP contribution in [0.4, 0.5) is 4.79 Å². The molecule has 0 saturated carbocycles. The van der Waals surface area contributed by atoms with Crippen molar-refractivity contribution < 1.29 is 38.5 Å². The summed E-state index contributed by atoms with van der Waals surface area (Å²) in [5, 5.41) is 13.4. The first kappa shape index (κ1) is 25.9. The number of aliphatic carboxylic acids is 1. The molecular weight excluding hydrogens is 456 g/mol. The van der Waals surface area contributed by atoms with E-state index in [0.717, 1.165) is 22.3 Å². The van der Waals surface area contributed by atoms with Gasteiger partial charge in [-0.15, -0.1) is 0 Å². The first-order valence-electron chi connectivity index (χ1n) is 11.0. The molecule has 0 aromatic heterocycles. The number of rotatable bonds is 11. The number of ether oxygens (including phenoxy) is 3. The number of amides is 3. The molecule has 0 atom stereocenters. The van der Waals surface area contributed by atoms with Gasteiger partial charge in [0.25, 0.3) is 5.91 Å². The van der Waals surface area contributed by atoms with E-state index in [1.54, 1.807) is 0 Å². The Bertz CT molecular complexity index is 1050. The summed E-state index contributed by atoms with van der Waals surface area (Å²) in [4.78, 5) is 46.6. The lowest BCUT2D eigenvalue weighted by Gasteiger charge is -2.20. The third kappa shape index (κ3) is 6.87. The van der Waals surface area contributed by atoms with Crippen molar-refractivity contribution in [3.8, 4) is 11.1 Å². The Labute approximate surface area is 202 Å². The second-order valence-corrected chi connectivity index (χ2v) is 8.46. The maximum atomic E-state index is 12.1. The van der Waals surface area contributed by atoms with E-state index in [9.17, 15) is 19.2 Å². The smallest absolute Gasteiger partial charge is 0.413 e. The van der Waals surface area contributed by atoms with Gasteiger partial charge in [-0.3, -0.25) is 14.9 Å². The zero-order chi connectivity index (χ0) is 25.4. The first-order chi connectivity index (χ1) is 16.7. The van der Waals surface area contributed by atoms with Gasteiger partial charge in [0, 0.05) is 5.92 Å². The highest BCUT2D eigenvalue weighted by Crippen LogP contribution is 2.44. The molecule has 0 fully saturated rings. The van der Waals surface area contributed by atoms with Gasteiger partial charge >= 0.3 is 12.1 Å². The molecule has 3 amide bonds. The number of hydrogen-bond donors (Lipinski definition) is 3. The molecular formula is C25H28N2O8. The van der Waals surface area contributed by atoms with Gasteiger partial charge in [0.1, 0.15) is 25.4 Å². The van der Waals surface area contributed by atoms with Crippen molar-refractivity contribution >= 4 is 23.9 Å². The molecule has 0 radical (unpaired) electrons. The monoisotopic (exact) mass is 484 g/mol. The molecule has 3 N–H and O–H groups in total. The fourth-order valence-corrected chi connectivity index (χ4v) is 3.67. The molecule has 0 spiro atoms. The molecule has 0 unspecified atom stereocenters. The maximum absolute atomic E-state index is 12.1. The molecule has 2 aromatic carbocycles. The van der Waals surface area contributed by atoms with Gasteiger partial charge in [0.2, 0.25) is 5.91 Å². The van der Waals surface area contributed by atoms with Gasteiger partial charge in [0.05, 0.1) is 13.2 Å². The Morgan fingerprint density at radius 1 is 0.857 bits per heavy atom. The van der Waals surface area contributed by atoms with Gasteiger partial charge in [-0.1, -0.05) is 48.5 Å². The van der Waals surface area contributed by atoms with Crippen LogP contribution >= 0.6 is 0 Å². The number of nitrogens with one attached hydrogen (secondary N) is 2. The van der Waals surface area contributed by atoms with E-state index < -0.39 is 36.0 Å². The van der Waals surface area contributed by atoms with Crippen molar-refractivity contribution in [1.82, 2.24) is 10.6 Å². The summed E-state index contributed by atoms with van der Waals surface area (Å²) < 4.78 is 15.5. The Hall–Kier alpha value is -3.76. The second-order valence-electron chi connectivity index (χ2n) is 8.46. The molecule has 10 heteroatoms. The number of carbonyl (C=O) groups excluding carboxylic acids is 3. The van der Waals surface area contributed by atoms with Gasteiger partial charge < -0.3 is 24.6 Å². The second kappa shape index (κ2) is 11.6. The van der Waals surface area contributed by atoms with Crippen molar-refractivity contribution in [1.29, 1.82) is 0 Å². The van der Waals surface area contributed by atoms with Crippen LogP contribution in [0.5, 0.6) is 0 Å². The molecule has 3 rings (SSSR count). The van der Waals surface area contributed by atoms with Gasteiger partial charge in [-0.05, 0) is 36.1 Å². The molecule has 2 aromatic rings. The normalized spacial score (nSPS) is 12.4. The van der Waals surface area contributed by atoms with E-state index in [1.165, 1.54) is 13.8 Å². The van der Waals surface area contributed by atoms with Crippen LogP contribution < -0.4 is 10.6 Å². The van der Waals surface area contributed by atoms with E-state index in [2.05, 4.69) is 10.6 Å². The molecule has 10 nitrogen and oxygen atoms in total. The molecule has 0 bridgehead atoms. The zero-order valence-corrected chi connectivity index (χ0v) is 19.5. The quantitative estimate of drug-likeness (QED) is 0.412. The van der Waals surface area contributed by atoms with E-state index in [0.29, 0.717) is 0 Å². The summed E-state index contributed by atoms with van der Waals surface area (Å²) in [6, 6.07) is 15.9. The van der Waals surface area contributed by atoms with Gasteiger partial charge in [-0.2, -0.15) is 0 Å². The van der Waals surface area contributed by atoms with Crippen LogP contribution in [0.2, 0.25) is 0 Å². The summed E-state index contributed by atoms with van der Waals surface area (Å²) in [6.07, 6.45) is -0.866. The summed E-state index contributed by atoms with van der Waals surface area (Å²) in [6.45, 7) is 2.03. The average molecular weight is 485 g/mol. The molecule has 0 saturated heterocycles. The molecule has 1 aliphatic rings. The van der Waals surface area contributed by atoms with Crippen LogP contribution in [0, 0.1) is 0 Å². The van der Waals surface area contributed by atoms with Crippen LogP contribution in [0.25, 0.3) is 11.1 Å². The SMILES string of the molecule is CC(C)(NC(=O)COCCOCC(=O)NC(=O)OCC1c2ccccc2-c2ccccc21)C(=O)O. The largest absolute Gasteiger partial charge is 0.480 e. The van der Waals surface area contributed by atoms with Crippen molar-refractivity contribution in [2.24, 2.45) is 0 Å². The summed E-state index contributed by atoms with van der Waals surface area (Å²) in [7, 11) is 0. The number of imide groups is 1. The van der Waals surface area contributed by atoms with Gasteiger partial charge in [0.15, 0.2) is 0 Å². The third-order valence-electron chi connectivity index (χ3n) is 5.41. The van der Waals surface area contributed by atoms with E-state index >= 15 is 0 Å². The van der Waals surface area contributed by atoms with E-state index in [1.807, 2.05) is 48.5 Å². The highest BCUT2D eigenvalue weighted by Gasteiger charge is 2.30. The lowest BCUT2D eigenvalue weighted by Crippen LogP contribution is -2.50. The zero-order valence-electron chi connectivity index (χ0n) is 19.5. The van der Waals surface area contributed by atoms with Crippen LogP contribution in [0.1, 0.15) is 30.9 Å². The minimum Gasteiger partial charge on any atom is -0.480 e. The fraction of sp³-hybridized carbons (Fsp3) is 0.360. The van der Waals surface area contributed by atoms with E-state index in [4.69, 9.17) is 19.3 Å². The topological polar surface area (TPSA) is 140 Å². The summed E-state index contributed by atoms with van der Waals surface area (Å²) in [5.41, 5.74) is 2.93. The molecule has 35 heavy (non-hydrogen) atoms. The molecule has 186 valence electrons. The standard InChI is InChI=1S/C25H28N2O8/c1-25(2,23(30)31)27-22(29)15-34-12-11-33-14-21(28)26-24(32)35-13-20-18-9-5-3-7-16(18)17-8-4-6-10-19(17)20/h3-10,20H,11-15H2,1-2H3,(H,27,29)(H,30,31)(H,26,28,32). The number of hydrogen-bond acceptors (Lipinski definition) is 7. The van der Waals surface area contributed by atoms with Crippen molar-refractivity contribution in [3.05, 3.63) is 59.7 Å². The highest BCUT2D eigenvalue weighted by atomic mass is 16.6. The third-order valence-corrected chi connectivity index (χ3v) is 5.41. The van der Waals surface area contributed by atoms with Crippen LogP contribution in [-0.2, 0) is 28.6 Å². The Morgan fingerprint density at radius 3 is 1.91 bits per heavy atom. The Kier molecular flexibility index (Phi) is 8.56. The Morgan fingerprint density at radius 2 is 1.37 bits per heavy atom. The number of fused-ring (bicyclic) bond motifs is 3. The number of carbonyl (C=O) groups is 4. The number of alkyl carbamates (subject to hydrolysis) is 1. The van der Waals surface area contributed by atoms with Crippen LogP contribution in [0.15, 0.2) is 48.5 Å². The lowest BCUT2D eigenvalue weighted by molar-refractivity contribution is -0.146. The Balaban J connectivity index is 1.33. The van der Waals surface area contributed by atoms with Gasteiger partial charge in [-0.25, -0.2) is 9.59 Å². The molecule has 0 heterocycles. The molecule has 0 aliphatic heterocycles. The minimum absolute atomic E-state index is 0.000849. The summed E-state index contributed by atoms with van der Waals surface area (Å²) in [5.74, 6) is -2.56. The summed E-state index contributed by atoms with van der Waals surface area (Å²) >= 11 is 0. The highest BCUT2D eigenvalue weighted by molar-refractivity contribution is 5.92. The van der Waals surface area contributed by atoms with Crippen molar-refractivity contribution in [2.45, 2.75) is 25.3 Å². The van der Waals surface area contributed by atoms with Crippen LogP contribution in [-0.4, -0.2) is 67.6 Å². The number of benzene rings is 2. The predicted molar refractivity (Wildman–Crippen MR) is 125 cm³/mol. The van der Waals surface area contributed by atoms with Crippen molar-refractivity contribution in [3.63, 3.8) is 0 Å².